The fourth-order valence-corrected chi connectivity index (χ4v) is 1.14. The van der Waals surface area contributed by atoms with E-state index in [0.29, 0.717) is 13.0 Å². The van der Waals surface area contributed by atoms with Crippen LogP contribution in [0.1, 0.15) is 6.42 Å². The van der Waals surface area contributed by atoms with Gasteiger partial charge in [-0.3, -0.25) is 0 Å². The largest absolute Gasteiger partial charge is 0.417 e. The van der Waals surface area contributed by atoms with Crippen molar-refractivity contribution in [3.8, 4) is 0 Å². The maximum absolute atomic E-state index is 9.83. The maximum Gasteiger partial charge on any atom is 0.183 e. The van der Waals surface area contributed by atoms with Crippen molar-refractivity contribution in [3.63, 3.8) is 0 Å². The molecule has 0 saturated carbocycles. The van der Waals surface area contributed by atoms with Crippen molar-refractivity contribution in [3.05, 3.63) is 0 Å². The van der Waals surface area contributed by atoms with Crippen LogP contribution in [0.2, 0.25) is 19.6 Å². The maximum atomic E-state index is 9.83. The lowest BCUT2D eigenvalue weighted by atomic mass is 10.5. The van der Waals surface area contributed by atoms with Crippen LogP contribution in [-0.4, -0.2) is 21.2 Å². The lowest BCUT2D eigenvalue weighted by molar-refractivity contribution is -0.108. The molecule has 0 rings (SSSR count). The van der Waals surface area contributed by atoms with E-state index >= 15 is 0 Å². The number of hydrogen-bond donors (Lipinski definition) is 0. The van der Waals surface area contributed by atoms with Crippen molar-refractivity contribution in [2.45, 2.75) is 26.1 Å². The van der Waals surface area contributed by atoms with E-state index in [0.717, 1.165) is 6.29 Å². The Kier molecular flexibility index (Phi) is 3.73. The summed E-state index contributed by atoms with van der Waals surface area (Å²) in [6.07, 6.45) is 1.42. The molecule has 0 atom stereocenters. The molecular weight excluding hydrogens is 132 g/mol. The first-order chi connectivity index (χ1) is 4.06. The smallest absolute Gasteiger partial charge is 0.183 e. The fraction of sp³-hybridized carbons (Fsp3) is 0.833. The third-order valence-corrected chi connectivity index (χ3v) is 1.84. The summed E-state index contributed by atoms with van der Waals surface area (Å²) in [4.78, 5) is 9.83. The van der Waals surface area contributed by atoms with E-state index in [1.54, 1.807) is 0 Å². The van der Waals surface area contributed by atoms with Crippen LogP contribution in [0.25, 0.3) is 0 Å². The average Bonchev–Trinajstić information content (AvgIpc) is 1.63. The molecule has 9 heavy (non-hydrogen) atoms. The lowest BCUT2D eigenvalue weighted by Crippen LogP contribution is -2.25. The monoisotopic (exact) mass is 146 g/mol. The van der Waals surface area contributed by atoms with E-state index in [-0.39, 0.29) is 0 Å². The second kappa shape index (κ2) is 3.79. The second-order valence-corrected chi connectivity index (χ2v) is 7.43. The summed E-state index contributed by atoms with van der Waals surface area (Å²) in [7, 11) is -1.35. The molecule has 3 heteroatoms. The Labute approximate surface area is 57.3 Å². The molecule has 54 valence electrons. The van der Waals surface area contributed by atoms with Gasteiger partial charge in [-0.15, -0.1) is 0 Å². The molecule has 0 radical (unpaired) electrons. The van der Waals surface area contributed by atoms with E-state index in [1.807, 2.05) is 0 Å². The number of carbonyl (C=O) groups excluding carboxylic acids is 1. The molecule has 0 saturated heterocycles. The van der Waals surface area contributed by atoms with Gasteiger partial charge < -0.3 is 9.22 Å². The van der Waals surface area contributed by atoms with E-state index in [2.05, 4.69) is 19.6 Å². The molecule has 2 nitrogen and oxygen atoms in total. The van der Waals surface area contributed by atoms with Crippen molar-refractivity contribution in [1.82, 2.24) is 0 Å². The molecule has 0 amide bonds. The van der Waals surface area contributed by atoms with Crippen LogP contribution in [0.5, 0.6) is 0 Å². The van der Waals surface area contributed by atoms with Crippen LogP contribution in [0.15, 0.2) is 0 Å². The van der Waals surface area contributed by atoms with E-state index in [1.165, 1.54) is 0 Å². The standard InChI is InChI=1S/C6H14O2Si/c1-9(2,3)8-6-4-5-7/h5H,4,6H2,1-3H3. The molecule has 0 bridgehead atoms. The molecule has 0 aromatic rings. The topological polar surface area (TPSA) is 26.3 Å². The minimum Gasteiger partial charge on any atom is -0.417 e. The van der Waals surface area contributed by atoms with E-state index in [9.17, 15) is 4.79 Å². The molecule has 0 unspecified atom stereocenters. The van der Waals surface area contributed by atoms with Crippen LogP contribution in [0.4, 0.5) is 0 Å². The highest BCUT2D eigenvalue weighted by atomic mass is 28.4. The first-order valence-electron chi connectivity index (χ1n) is 3.14. The molecule has 0 aromatic heterocycles. The van der Waals surface area contributed by atoms with Crippen LogP contribution in [0.3, 0.4) is 0 Å². The molecular formula is C6H14O2Si. The zero-order chi connectivity index (χ0) is 7.33. The third kappa shape index (κ3) is 7.85. The summed E-state index contributed by atoms with van der Waals surface area (Å²) in [6, 6.07) is 0. The quantitative estimate of drug-likeness (QED) is 0.341. The Hall–Kier alpha value is -0.153. The summed E-state index contributed by atoms with van der Waals surface area (Å²) in [5.74, 6) is 0. The van der Waals surface area contributed by atoms with Crippen molar-refractivity contribution >= 4 is 14.6 Å². The molecule has 0 fully saturated rings. The van der Waals surface area contributed by atoms with Gasteiger partial charge in [0.1, 0.15) is 6.29 Å². The van der Waals surface area contributed by atoms with Crippen LogP contribution in [0, 0.1) is 0 Å². The molecule has 0 aliphatic heterocycles. The number of carbonyl (C=O) groups is 1. The highest BCUT2D eigenvalue weighted by molar-refractivity contribution is 6.69. The molecule has 0 aliphatic carbocycles. The van der Waals surface area contributed by atoms with Gasteiger partial charge in [0.05, 0.1) is 0 Å². The highest BCUT2D eigenvalue weighted by Gasteiger charge is 2.12. The summed E-state index contributed by atoms with van der Waals surface area (Å²) in [5.41, 5.74) is 0. The zero-order valence-corrected chi connectivity index (χ0v) is 7.31. The Morgan fingerprint density at radius 3 is 2.33 bits per heavy atom. The minimum absolute atomic E-state index is 0.532. The van der Waals surface area contributed by atoms with Gasteiger partial charge in [-0.2, -0.15) is 0 Å². The molecule has 0 spiro atoms. The Balaban J connectivity index is 3.17. The highest BCUT2D eigenvalue weighted by Crippen LogP contribution is 2.01. The van der Waals surface area contributed by atoms with Gasteiger partial charge in [0.25, 0.3) is 0 Å². The molecule has 0 aliphatic rings. The second-order valence-electron chi connectivity index (χ2n) is 2.92. The summed E-state index contributed by atoms with van der Waals surface area (Å²) in [6.45, 7) is 6.92. The Morgan fingerprint density at radius 1 is 1.44 bits per heavy atom. The van der Waals surface area contributed by atoms with Crippen LogP contribution < -0.4 is 0 Å². The van der Waals surface area contributed by atoms with Gasteiger partial charge in [-0.25, -0.2) is 0 Å². The van der Waals surface area contributed by atoms with E-state index < -0.39 is 8.32 Å². The van der Waals surface area contributed by atoms with Gasteiger partial charge in [0, 0.05) is 13.0 Å². The summed E-state index contributed by atoms with van der Waals surface area (Å²) < 4.78 is 5.38. The van der Waals surface area contributed by atoms with Crippen molar-refractivity contribution in [2.24, 2.45) is 0 Å². The summed E-state index contributed by atoms with van der Waals surface area (Å²) in [5, 5.41) is 0. The first-order valence-corrected chi connectivity index (χ1v) is 6.54. The lowest BCUT2D eigenvalue weighted by Gasteiger charge is -2.15. The van der Waals surface area contributed by atoms with E-state index in [4.69, 9.17) is 4.43 Å². The first kappa shape index (κ1) is 8.85. The normalized spacial score (nSPS) is 11.4. The van der Waals surface area contributed by atoms with Crippen molar-refractivity contribution in [1.29, 1.82) is 0 Å². The molecule has 0 aromatic carbocycles. The van der Waals surface area contributed by atoms with Crippen LogP contribution >= 0.6 is 0 Å². The van der Waals surface area contributed by atoms with Gasteiger partial charge in [-0.1, -0.05) is 0 Å². The molecule has 0 N–H and O–H groups in total. The fourth-order valence-electron chi connectivity index (χ4n) is 0.413. The predicted octanol–water partition coefficient (Wildman–Crippen LogP) is 1.43. The van der Waals surface area contributed by atoms with Crippen molar-refractivity contribution < 1.29 is 9.22 Å². The Morgan fingerprint density at radius 2 is 2.00 bits per heavy atom. The van der Waals surface area contributed by atoms with Crippen LogP contribution in [-0.2, 0) is 9.22 Å². The van der Waals surface area contributed by atoms with Gasteiger partial charge in [0.2, 0.25) is 0 Å². The zero-order valence-electron chi connectivity index (χ0n) is 6.31. The van der Waals surface area contributed by atoms with Gasteiger partial charge in [0.15, 0.2) is 8.32 Å². The average molecular weight is 146 g/mol. The van der Waals surface area contributed by atoms with Gasteiger partial charge in [-0.05, 0) is 19.6 Å². The van der Waals surface area contributed by atoms with Gasteiger partial charge >= 0.3 is 0 Å². The minimum atomic E-state index is -1.35. The number of rotatable bonds is 4. The SMILES string of the molecule is C[Si](C)(C)OCCC=O. The Bertz CT molecular complexity index is 85.5. The summed E-state index contributed by atoms with van der Waals surface area (Å²) >= 11 is 0. The number of hydrogen-bond acceptors (Lipinski definition) is 2. The molecule has 0 heterocycles. The predicted molar refractivity (Wildman–Crippen MR) is 40.0 cm³/mol. The number of aldehydes is 1. The van der Waals surface area contributed by atoms with Crippen molar-refractivity contribution in [2.75, 3.05) is 6.61 Å². The third-order valence-electron chi connectivity index (χ3n) is 0.771.